The van der Waals surface area contributed by atoms with Gasteiger partial charge < -0.3 is 14.6 Å². The van der Waals surface area contributed by atoms with Gasteiger partial charge in [0.2, 0.25) is 0 Å². The topological polar surface area (TPSA) is 65.1 Å². The second kappa shape index (κ2) is 12.5. The zero-order valence-corrected chi connectivity index (χ0v) is 19.7. The molecule has 0 saturated carbocycles. The summed E-state index contributed by atoms with van der Waals surface area (Å²) in [6.45, 7) is 5.92. The molecule has 5 heteroatoms. The van der Waals surface area contributed by atoms with Crippen molar-refractivity contribution in [3.8, 4) is 17.2 Å². The smallest absolute Gasteiger partial charge is 0.196 e. The van der Waals surface area contributed by atoms with Crippen LogP contribution < -0.4 is 5.32 Å². The fraction of sp³-hybridized carbons (Fsp3) is 0.500. The number of likely N-dealkylation sites (tertiary alicyclic amines) is 1. The van der Waals surface area contributed by atoms with Crippen LogP contribution >= 0.6 is 0 Å². The summed E-state index contributed by atoms with van der Waals surface area (Å²) in [6.07, 6.45) is 11.8. The molecule has 1 N–H and O–H groups in total. The number of hydrogen-bond donors (Lipinski definition) is 1. The first-order valence-corrected chi connectivity index (χ1v) is 12.6. The number of oxazole rings is 1. The first-order chi connectivity index (χ1) is 16.3. The third kappa shape index (κ3) is 7.15. The highest BCUT2D eigenvalue weighted by atomic mass is 16.3. The van der Waals surface area contributed by atoms with Gasteiger partial charge in [-0.1, -0.05) is 43.9 Å². The summed E-state index contributed by atoms with van der Waals surface area (Å²) < 4.78 is 5.94. The minimum Gasteiger partial charge on any atom is -0.441 e. The van der Waals surface area contributed by atoms with E-state index in [0.717, 1.165) is 41.1 Å². The molecule has 5 rings (SSSR count). The van der Waals surface area contributed by atoms with E-state index in [1.165, 1.54) is 77.5 Å². The van der Waals surface area contributed by atoms with E-state index >= 15 is 0 Å². The SMILES string of the molecule is C1CCCNCC1.N#Cc1ccc(-c2ccc3oc(CCN4CCCCCC4)nc3c2)cc1. The highest BCUT2D eigenvalue weighted by Crippen LogP contribution is 2.25. The second-order valence-corrected chi connectivity index (χ2v) is 9.15. The van der Waals surface area contributed by atoms with Gasteiger partial charge in [-0.3, -0.25) is 0 Å². The fourth-order valence-electron chi connectivity index (χ4n) is 4.59. The summed E-state index contributed by atoms with van der Waals surface area (Å²) in [5, 5.41) is 12.3. The number of aromatic nitrogens is 1. The maximum Gasteiger partial charge on any atom is 0.196 e. The number of nitriles is 1. The number of hydrogen-bond acceptors (Lipinski definition) is 5. The molecule has 0 atom stereocenters. The summed E-state index contributed by atoms with van der Waals surface area (Å²) in [5.41, 5.74) is 4.59. The number of rotatable bonds is 4. The van der Waals surface area contributed by atoms with Crippen LogP contribution in [0.3, 0.4) is 0 Å². The van der Waals surface area contributed by atoms with Gasteiger partial charge >= 0.3 is 0 Å². The van der Waals surface area contributed by atoms with Gasteiger partial charge in [0.05, 0.1) is 11.6 Å². The maximum atomic E-state index is 8.93. The van der Waals surface area contributed by atoms with E-state index in [-0.39, 0.29) is 0 Å². The van der Waals surface area contributed by atoms with E-state index in [4.69, 9.17) is 14.7 Å². The maximum absolute atomic E-state index is 8.93. The molecule has 0 aliphatic carbocycles. The third-order valence-electron chi connectivity index (χ3n) is 6.58. The monoisotopic (exact) mass is 444 g/mol. The molecule has 2 aromatic carbocycles. The minimum absolute atomic E-state index is 0.673. The highest BCUT2D eigenvalue weighted by molar-refractivity contribution is 5.80. The van der Waals surface area contributed by atoms with Crippen LogP contribution in [0.1, 0.15) is 62.8 Å². The van der Waals surface area contributed by atoms with Gasteiger partial charge in [0, 0.05) is 13.0 Å². The average Bonchev–Trinajstić information content (AvgIpc) is 3.07. The number of nitrogens with zero attached hydrogens (tertiary/aromatic N) is 3. The molecule has 2 saturated heterocycles. The lowest BCUT2D eigenvalue weighted by Gasteiger charge is -2.18. The van der Waals surface area contributed by atoms with Gasteiger partial charge in [-0.25, -0.2) is 4.98 Å². The van der Waals surface area contributed by atoms with E-state index in [1.54, 1.807) is 0 Å². The van der Waals surface area contributed by atoms with Crippen molar-refractivity contribution in [3.05, 3.63) is 53.9 Å². The van der Waals surface area contributed by atoms with Crippen LogP contribution in [0, 0.1) is 11.3 Å². The Kier molecular flexibility index (Phi) is 8.91. The van der Waals surface area contributed by atoms with Gasteiger partial charge in [-0.2, -0.15) is 5.26 Å². The Balaban J connectivity index is 0.000000318. The van der Waals surface area contributed by atoms with E-state index < -0.39 is 0 Å². The van der Waals surface area contributed by atoms with Gasteiger partial charge in [0.1, 0.15) is 5.52 Å². The predicted molar refractivity (Wildman–Crippen MR) is 134 cm³/mol. The Labute approximate surface area is 197 Å². The quantitative estimate of drug-likeness (QED) is 0.540. The molecule has 3 aromatic rings. The van der Waals surface area contributed by atoms with Crippen molar-refractivity contribution >= 4 is 11.1 Å². The number of nitrogens with one attached hydrogen (secondary N) is 1. The van der Waals surface area contributed by atoms with Gasteiger partial charge in [0.25, 0.3) is 0 Å². The molecule has 33 heavy (non-hydrogen) atoms. The molecule has 0 radical (unpaired) electrons. The largest absolute Gasteiger partial charge is 0.441 e. The molecule has 2 aliphatic heterocycles. The van der Waals surface area contributed by atoms with Crippen molar-refractivity contribution in [2.75, 3.05) is 32.7 Å². The Hall–Kier alpha value is -2.68. The molecule has 5 nitrogen and oxygen atoms in total. The van der Waals surface area contributed by atoms with Gasteiger partial charge in [-0.05, 0) is 87.3 Å². The van der Waals surface area contributed by atoms with E-state index in [0.29, 0.717) is 5.56 Å². The molecule has 0 amide bonds. The second-order valence-electron chi connectivity index (χ2n) is 9.15. The lowest BCUT2D eigenvalue weighted by molar-refractivity contribution is 0.280. The molecular weight excluding hydrogens is 408 g/mol. The lowest BCUT2D eigenvalue weighted by atomic mass is 10.0. The molecule has 174 valence electrons. The molecule has 3 heterocycles. The van der Waals surface area contributed by atoms with Crippen molar-refractivity contribution in [3.63, 3.8) is 0 Å². The van der Waals surface area contributed by atoms with Crippen LogP contribution in [0.25, 0.3) is 22.2 Å². The van der Waals surface area contributed by atoms with Crippen LogP contribution in [0.2, 0.25) is 0 Å². The number of fused-ring (bicyclic) bond motifs is 1. The zero-order chi connectivity index (χ0) is 22.7. The van der Waals surface area contributed by atoms with E-state index in [9.17, 15) is 0 Å². The first-order valence-electron chi connectivity index (χ1n) is 12.6. The fourth-order valence-corrected chi connectivity index (χ4v) is 4.59. The van der Waals surface area contributed by atoms with E-state index in [2.05, 4.69) is 22.4 Å². The van der Waals surface area contributed by atoms with E-state index in [1.807, 2.05) is 36.4 Å². The molecular formula is C28H36N4O. The molecule has 2 aliphatic rings. The van der Waals surface area contributed by atoms with Crippen molar-refractivity contribution in [2.24, 2.45) is 0 Å². The average molecular weight is 445 g/mol. The summed E-state index contributed by atoms with van der Waals surface area (Å²) in [6, 6.07) is 15.9. The van der Waals surface area contributed by atoms with Crippen molar-refractivity contribution in [2.45, 2.75) is 57.8 Å². The summed E-state index contributed by atoms with van der Waals surface area (Å²) in [4.78, 5) is 7.23. The molecule has 0 unspecified atom stereocenters. The van der Waals surface area contributed by atoms with Crippen LogP contribution in [0.4, 0.5) is 0 Å². The minimum atomic E-state index is 0.673. The Morgan fingerprint density at radius 1 is 0.848 bits per heavy atom. The normalized spacial score (nSPS) is 17.4. The molecule has 2 fully saturated rings. The van der Waals surface area contributed by atoms with Gasteiger partial charge in [0.15, 0.2) is 11.5 Å². The lowest BCUT2D eigenvalue weighted by Crippen LogP contribution is -2.27. The molecule has 0 spiro atoms. The molecule has 0 bridgehead atoms. The van der Waals surface area contributed by atoms with Crippen LogP contribution in [0.15, 0.2) is 46.9 Å². The standard InChI is InChI=1S/C22H23N3O.C6H13N/c23-16-17-5-7-18(8-6-17)19-9-10-21-20(15-19)24-22(26-21)11-14-25-12-3-1-2-4-13-25;1-2-4-6-7-5-3-1/h5-10,15H,1-4,11-14H2;7H,1-6H2. The predicted octanol–water partition coefficient (Wildman–Crippen LogP) is 5.93. The Morgan fingerprint density at radius 2 is 1.52 bits per heavy atom. The van der Waals surface area contributed by atoms with Gasteiger partial charge in [-0.15, -0.1) is 0 Å². The highest BCUT2D eigenvalue weighted by Gasteiger charge is 2.12. The summed E-state index contributed by atoms with van der Waals surface area (Å²) >= 11 is 0. The van der Waals surface area contributed by atoms with Crippen LogP contribution in [-0.4, -0.2) is 42.6 Å². The van der Waals surface area contributed by atoms with Crippen LogP contribution in [-0.2, 0) is 6.42 Å². The van der Waals surface area contributed by atoms with Crippen molar-refractivity contribution in [1.82, 2.24) is 15.2 Å². The molecule has 1 aromatic heterocycles. The first kappa shape index (κ1) is 23.5. The zero-order valence-electron chi connectivity index (χ0n) is 19.7. The van der Waals surface area contributed by atoms with Crippen molar-refractivity contribution < 1.29 is 4.42 Å². The number of benzene rings is 2. The Morgan fingerprint density at radius 3 is 2.21 bits per heavy atom. The van der Waals surface area contributed by atoms with Crippen molar-refractivity contribution in [1.29, 1.82) is 5.26 Å². The summed E-state index contributed by atoms with van der Waals surface area (Å²) in [7, 11) is 0. The van der Waals surface area contributed by atoms with Crippen LogP contribution in [0.5, 0.6) is 0 Å². The Bertz CT molecular complexity index is 1010. The summed E-state index contributed by atoms with van der Waals surface area (Å²) in [5.74, 6) is 0.821. The third-order valence-corrected chi connectivity index (χ3v) is 6.58.